The van der Waals surface area contributed by atoms with Crippen LogP contribution in [0.3, 0.4) is 0 Å². The molecule has 0 bridgehead atoms. The van der Waals surface area contributed by atoms with Crippen molar-refractivity contribution >= 4 is 6.29 Å². The number of phenols is 1. The highest BCUT2D eigenvalue weighted by molar-refractivity contribution is 5.83. The highest BCUT2D eigenvalue weighted by Crippen LogP contribution is 2.28. The molecular weight excluding hydrogens is 204 g/mol. The summed E-state index contributed by atoms with van der Waals surface area (Å²) in [4.78, 5) is 10.8. The van der Waals surface area contributed by atoms with Crippen molar-refractivity contribution in [2.75, 3.05) is 0 Å². The summed E-state index contributed by atoms with van der Waals surface area (Å²) in [6.07, 6.45) is 2.35. The molecular formula is C12H12N2O2. The Bertz CT molecular complexity index is 544. The Morgan fingerprint density at radius 1 is 1.44 bits per heavy atom. The highest BCUT2D eigenvalue weighted by Gasteiger charge is 2.09. The van der Waals surface area contributed by atoms with E-state index < -0.39 is 0 Å². The van der Waals surface area contributed by atoms with Gasteiger partial charge in [0.05, 0.1) is 11.3 Å². The first-order chi connectivity index (χ1) is 7.63. The Hall–Kier alpha value is -2.10. The Morgan fingerprint density at radius 3 is 2.75 bits per heavy atom. The number of aryl methyl sites for hydroxylation is 2. The predicted octanol–water partition coefficient (Wildman–Crippen LogP) is 1.91. The van der Waals surface area contributed by atoms with Gasteiger partial charge in [-0.2, -0.15) is 5.10 Å². The van der Waals surface area contributed by atoms with Gasteiger partial charge in [0, 0.05) is 18.8 Å². The Labute approximate surface area is 93.1 Å². The van der Waals surface area contributed by atoms with E-state index in [0.717, 1.165) is 11.3 Å². The normalized spacial score (nSPS) is 10.4. The zero-order chi connectivity index (χ0) is 11.7. The van der Waals surface area contributed by atoms with Crippen LogP contribution in [-0.2, 0) is 7.05 Å². The summed E-state index contributed by atoms with van der Waals surface area (Å²) in [7, 11) is 1.83. The van der Waals surface area contributed by atoms with Gasteiger partial charge in [-0.1, -0.05) is 0 Å². The molecule has 0 unspecified atom stereocenters. The van der Waals surface area contributed by atoms with E-state index in [1.54, 1.807) is 23.9 Å². The van der Waals surface area contributed by atoms with Crippen LogP contribution in [0.15, 0.2) is 24.4 Å². The lowest BCUT2D eigenvalue weighted by Gasteiger charge is -2.07. The fourth-order valence-corrected chi connectivity index (χ4v) is 1.70. The first-order valence-corrected chi connectivity index (χ1v) is 4.90. The Balaban J connectivity index is 2.63. The standard InChI is InChI=1S/C12H12N2O2/c1-8-5-9(6-10(7-15)12(8)16)11-3-4-13-14(11)2/h3-7,16H,1-2H3. The summed E-state index contributed by atoms with van der Waals surface area (Å²) in [5, 5.41) is 13.7. The number of phenolic OH excluding ortho intramolecular Hbond substituents is 1. The molecule has 4 heteroatoms. The van der Waals surface area contributed by atoms with Crippen molar-refractivity contribution in [3.63, 3.8) is 0 Å². The molecule has 2 rings (SSSR count). The van der Waals surface area contributed by atoms with Crippen LogP contribution in [0, 0.1) is 6.92 Å². The van der Waals surface area contributed by atoms with Crippen molar-refractivity contribution in [1.82, 2.24) is 9.78 Å². The summed E-state index contributed by atoms with van der Waals surface area (Å²) in [5.74, 6) is 0.0425. The summed E-state index contributed by atoms with van der Waals surface area (Å²) < 4.78 is 1.72. The first-order valence-electron chi connectivity index (χ1n) is 4.90. The van der Waals surface area contributed by atoms with Crippen molar-refractivity contribution in [2.45, 2.75) is 6.92 Å². The number of hydrogen-bond acceptors (Lipinski definition) is 3. The minimum atomic E-state index is 0.0425. The molecule has 0 fully saturated rings. The molecule has 0 aliphatic heterocycles. The maximum Gasteiger partial charge on any atom is 0.153 e. The van der Waals surface area contributed by atoms with Gasteiger partial charge in [-0.15, -0.1) is 0 Å². The number of carbonyl (C=O) groups excluding carboxylic acids is 1. The van der Waals surface area contributed by atoms with Gasteiger partial charge in [-0.05, 0) is 30.7 Å². The second kappa shape index (κ2) is 3.81. The third kappa shape index (κ3) is 1.58. The first kappa shape index (κ1) is 10.4. The SMILES string of the molecule is Cc1cc(-c2ccnn2C)cc(C=O)c1O. The molecule has 1 N–H and O–H groups in total. The average molecular weight is 216 g/mol. The number of aldehydes is 1. The molecule has 0 saturated heterocycles. The number of benzene rings is 1. The molecule has 1 aromatic carbocycles. The van der Waals surface area contributed by atoms with Crippen molar-refractivity contribution in [2.24, 2.45) is 7.05 Å². The molecule has 0 aliphatic carbocycles. The lowest BCUT2D eigenvalue weighted by molar-refractivity contribution is 0.112. The van der Waals surface area contributed by atoms with E-state index in [1.807, 2.05) is 19.2 Å². The van der Waals surface area contributed by atoms with Crippen molar-refractivity contribution < 1.29 is 9.90 Å². The van der Waals surface area contributed by atoms with Gasteiger partial charge in [0.15, 0.2) is 6.29 Å². The van der Waals surface area contributed by atoms with Crippen molar-refractivity contribution in [3.8, 4) is 17.0 Å². The molecule has 0 aliphatic rings. The van der Waals surface area contributed by atoms with Gasteiger partial charge in [-0.25, -0.2) is 0 Å². The molecule has 1 aromatic heterocycles. The van der Waals surface area contributed by atoms with Gasteiger partial charge in [0.25, 0.3) is 0 Å². The van der Waals surface area contributed by atoms with Gasteiger partial charge < -0.3 is 5.11 Å². The molecule has 0 spiro atoms. The van der Waals surface area contributed by atoms with E-state index in [1.165, 1.54) is 0 Å². The lowest BCUT2D eigenvalue weighted by Crippen LogP contribution is -1.95. The van der Waals surface area contributed by atoms with E-state index in [9.17, 15) is 9.90 Å². The van der Waals surface area contributed by atoms with Crippen LogP contribution in [0.4, 0.5) is 0 Å². The smallest absolute Gasteiger partial charge is 0.153 e. The van der Waals surface area contributed by atoms with E-state index in [4.69, 9.17) is 0 Å². The lowest BCUT2D eigenvalue weighted by atomic mass is 10.0. The number of hydrogen-bond donors (Lipinski definition) is 1. The summed E-state index contributed by atoms with van der Waals surface area (Å²) in [6, 6.07) is 5.35. The van der Waals surface area contributed by atoms with Crippen LogP contribution >= 0.6 is 0 Å². The van der Waals surface area contributed by atoms with Gasteiger partial charge in [0.2, 0.25) is 0 Å². The predicted molar refractivity (Wildman–Crippen MR) is 60.4 cm³/mol. The molecule has 0 saturated carbocycles. The van der Waals surface area contributed by atoms with Crippen LogP contribution in [0.5, 0.6) is 5.75 Å². The van der Waals surface area contributed by atoms with Crippen LogP contribution < -0.4 is 0 Å². The minimum Gasteiger partial charge on any atom is -0.507 e. The third-order valence-electron chi connectivity index (χ3n) is 2.57. The third-order valence-corrected chi connectivity index (χ3v) is 2.57. The van der Waals surface area contributed by atoms with Crippen molar-refractivity contribution in [3.05, 3.63) is 35.5 Å². The van der Waals surface area contributed by atoms with E-state index in [0.29, 0.717) is 17.4 Å². The fourth-order valence-electron chi connectivity index (χ4n) is 1.70. The Kier molecular flexibility index (Phi) is 2.48. The molecule has 0 radical (unpaired) electrons. The Morgan fingerprint density at radius 2 is 2.19 bits per heavy atom. The zero-order valence-corrected chi connectivity index (χ0v) is 9.14. The number of rotatable bonds is 2. The van der Waals surface area contributed by atoms with Crippen LogP contribution in [0.25, 0.3) is 11.3 Å². The molecule has 16 heavy (non-hydrogen) atoms. The zero-order valence-electron chi connectivity index (χ0n) is 9.14. The quantitative estimate of drug-likeness (QED) is 0.780. The maximum atomic E-state index is 10.8. The number of aromatic nitrogens is 2. The summed E-state index contributed by atoms with van der Waals surface area (Å²) in [6.45, 7) is 1.77. The molecule has 82 valence electrons. The second-order valence-electron chi connectivity index (χ2n) is 3.69. The number of nitrogens with zero attached hydrogens (tertiary/aromatic N) is 2. The number of carbonyl (C=O) groups is 1. The minimum absolute atomic E-state index is 0.0425. The average Bonchev–Trinajstić information content (AvgIpc) is 2.68. The van der Waals surface area contributed by atoms with Gasteiger partial charge >= 0.3 is 0 Å². The monoisotopic (exact) mass is 216 g/mol. The van der Waals surface area contributed by atoms with E-state index in [2.05, 4.69) is 5.10 Å². The largest absolute Gasteiger partial charge is 0.507 e. The maximum absolute atomic E-state index is 10.8. The molecule has 0 atom stereocenters. The molecule has 4 nitrogen and oxygen atoms in total. The van der Waals surface area contributed by atoms with E-state index in [-0.39, 0.29) is 5.75 Å². The van der Waals surface area contributed by atoms with Crippen molar-refractivity contribution in [1.29, 1.82) is 0 Å². The van der Waals surface area contributed by atoms with Crippen LogP contribution in [0.1, 0.15) is 15.9 Å². The highest BCUT2D eigenvalue weighted by atomic mass is 16.3. The second-order valence-corrected chi connectivity index (χ2v) is 3.69. The van der Waals surface area contributed by atoms with E-state index >= 15 is 0 Å². The van der Waals surface area contributed by atoms with Crippen LogP contribution in [-0.4, -0.2) is 21.2 Å². The van der Waals surface area contributed by atoms with Gasteiger partial charge in [-0.3, -0.25) is 9.48 Å². The number of aromatic hydroxyl groups is 1. The van der Waals surface area contributed by atoms with Crippen LogP contribution in [0.2, 0.25) is 0 Å². The fraction of sp³-hybridized carbons (Fsp3) is 0.167. The summed E-state index contributed by atoms with van der Waals surface area (Å²) in [5.41, 5.74) is 2.76. The van der Waals surface area contributed by atoms with Gasteiger partial charge in [0.1, 0.15) is 5.75 Å². The molecule has 2 aromatic rings. The topological polar surface area (TPSA) is 55.1 Å². The molecule has 1 heterocycles. The molecule has 0 amide bonds. The summed E-state index contributed by atoms with van der Waals surface area (Å²) >= 11 is 0.